The van der Waals surface area contributed by atoms with E-state index >= 15 is 0 Å². The molecule has 0 unspecified atom stereocenters. The van der Waals surface area contributed by atoms with Crippen LogP contribution in [0.25, 0.3) is 10.2 Å². The van der Waals surface area contributed by atoms with Crippen LogP contribution in [0.2, 0.25) is 0 Å². The molecule has 0 bridgehead atoms. The molecule has 9 heteroatoms. The number of hydrogen-bond donors (Lipinski definition) is 1. The van der Waals surface area contributed by atoms with E-state index in [1.54, 1.807) is 13.1 Å². The number of anilines is 1. The zero-order chi connectivity index (χ0) is 22.7. The first-order valence-electron chi connectivity index (χ1n) is 9.92. The highest BCUT2D eigenvalue weighted by molar-refractivity contribution is 7.21. The van der Waals surface area contributed by atoms with Crippen LogP contribution in [0.3, 0.4) is 0 Å². The molecule has 1 N–H and O–H groups in total. The first-order chi connectivity index (χ1) is 14.7. The average Bonchev–Trinajstić information content (AvgIpc) is 3.25. The number of nitrogens with one attached hydrogen (secondary N) is 1. The van der Waals surface area contributed by atoms with Crippen LogP contribution >= 0.6 is 11.3 Å². The number of ether oxygens (including phenoxy) is 1. The summed E-state index contributed by atoms with van der Waals surface area (Å²) < 4.78 is 6.44. The maximum absolute atomic E-state index is 12.9. The van der Waals surface area contributed by atoms with E-state index in [9.17, 15) is 9.59 Å². The fourth-order valence-corrected chi connectivity index (χ4v) is 4.42. The first kappa shape index (κ1) is 22.6. The molecule has 3 aromatic heterocycles. The van der Waals surface area contributed by atoms with Crippen molar-refractivity contribution in [2.24, 2.45) is 7.05 Å². The van der Waals surface area contributed by atoms with Crippen LogP contribution in [0.15, 0.2) is 30.4 Å². The molecule has 0 spiro atoms. The molecule has 0 aliphatic heterocycles. The number of aromatic nitrogens is 3. The Morgan fingerprint density at radius 3 is 2.68 bits per heavy atom. The summed E-state index contributed by atoms with van der Waals surface area (Å²) in [5.74, 6) is -0.867. The lowest BCUT2D eigenvalue weighted by atomic mass is 10.2. The number of thiophene rings is 1. The second-order valence-corrected chi connectivity index (χ2v) is 8.46. The minimum Gasteiger partial charge on any atom is -0.465 e. The van der Waals surface area contributed by atoms with Gasteiger partial charge in [-0.2, -0.15) is 5.10 Å². The number of esters is 1. The highest BCUT2D eigenvalue weighted by atomic mass is 32.1. The van der Waals surface area contributed by atoms with Gasteiger partial charge in [-0.05, 0) is 38.6 Å². The van der Waals surface area contributed by atoms with Crippen molar-refractivity contribution in [1.29, 1.82) is 0 Å². The highest BCUT2D eigenvalue weighted by Gasteiger charge is 2.23. The van der Waals surface area contributed by atoms with E-state index in [2.05, 4.69) is 28.8 Å². The summed E-state index contributed by atoms with van der Waals surface area (Å²) in [6.45, 7) is 12.2. The van der Waals surface area contributed by atoms with Crippen LogP contribution in [-0.2, 0) is 18.3 Å². The number of pyridine rings is 1. The summed E-state index contributed by atoms with van der Waals surface area (Å²) in [6.07, 6.45) is 0. The second kappa shape index (κ2) is 9.40. The SMILES string of the molecule is C=C(C)CN(CC)Cc1ccc2c(NC(=O)c3cc(C)nn3C)c(C(=O)OC)sc2n1. The van der Waals surface area contributed by atoms with Crippen molar-refractivity contribution >= 4 is 39.1 Å². The van der Waals surface area contributed by atoms with Gasteiger partial charge in [0.2, 0.25) is 0 Å². The zero-order valence-corrected chi connectivity index (χ0v) is 19.3. The Hall–Kier alpha value is -3.04. The third-order valence-electron chi connectivity index (χ3n) is 4.78. The van der Waals surface area contributed by atoms with Gasteiger partial charge in [0.15, 0.2) is 0 Å². The van der Waals surface area contributed by atoms with Crippen LogP contribution in [-0.4, -0.2) is 51.7 Å². The summed E-state index contributed by atoms with van der Waals surface area (Å²) >= 11 is 1.21. The number of rotatable bonds is 8. The number of nitrogens with zero attached hydrogens (tertiary/aromatic N) is 4. The van der Waals surface area contributed by atoms with Gasteiger partial charge in [-0.3, -0.25) is 14.4 Å². The first-order valence-corrected chi connectivity index (χ1v) is 10.7. The van der Waals surface area contributed by atoms with Crippen molar-refractivity contribution in [3.63, 3.8) is 0 Å². The maximum Gasteiger partial charge on any atom is 0.350 e. The number of carbonyl (C=O) groups excluding carboxylic acids is 2. The number of methoxy groups -OCH3 is 1. The van der Waals surface area contributed by atoms with Crippen molar-refractivity contribution < 1.29 is 14.3 Å². The lowest BCUT2D eigenvalue weighted by molar-refractivity contribution is 0.0607. The number of carbonyl (C=O) groups is 2. The predicted molar refractivity (Wildman–Crippen MR) is 123 cm³/mol. The van der Waals surface area contributed by atoms with Crippen molar-refractivity contribution in [2.75, 3.05) is 25.5 Å². The molecule has 1 amide bonds. The summed E-state index contributed by atoms with van der Waals surface area (Å²) in [6, 6.07) is 5.50. The molecule has 8 nitrogen and oxygen atoms in total. The van der Waals surface area contributed by atoms with Crippen molar-refractivity contribution in [3.8, 4) is 0 Å². The van der Waals surface area contributed by atoms with Crippen molar-refractivity contribution in [2.45, 2.75) is 27.3 Å². The van der Waals surface area contributed by atoms with E-state index in [4.69, 9.17) is 9.72 Å². The Bertz CT molecular complexity index is 1150. The number of aryl methyl sites for hydroxylation is 2. The van der Waals surface area contributed by atoms with E-state index in [0.717, 1.165) is 30.1 Å². The van der Waals surface area contributed by atoms with E-state index in [1.165, 1.54) is 23.1 Å². The Morgan fingerprint density at radius 2 is 2.10 bits per heavy atom. The Labute approximate surface area is 185 Å². The summed E-state index contributed by atoms with van der Waals surface area (Å²) in [7, 11) is 3.02. The van der Waals surface area contributed by atoms with E-state index in [-0.39, 0.29) is 5.91 Å². The Balaban J connectivity index is 1.97. The normalized spacial score (nSPS) is 11.2. The van der Waals surface area contributed by atoms with E-state index < -0.39 is 5.97 Å². The van der Waals surface area contributed by atoms with Crippen LogP contribution in [0.4, 0.5) is 5.69 Å². The third kappa shape index (κ3) is 5.00. The monoisotopic (exact) mass is 441 g/mol. The molecule has 3 heterocycles. The largest absolute Gasteiger partial charge is 0.465 e. The molecule has 0 fully saturated rings. The molecule has 31 heavy (non-hydrogen) atoms. The quantitative estimate of drug-likeness (QED) is 0.423. The third-order valence-corrected chi connectivity index (χ3v) is 5.86. The van der Waals surface area contributed by atoms with Crippen molar-refractivity contribution in [1.82, 2.24) is 19.7 Å². The Kier molecular flexibility index (Phi) is 6.87. The lowest BCUT2D eigenvalue weighted by Crippen LogP contribution is -2.24. The molecule has 0 aliphatic rings. The lowest BCUT2D eigenvalue weighted by Gasteiger charge is -2.19. The van der Waals surface area contributed by atoms with Gasteiger partial charge in [0.25, 0.3) is 5.91 Å². The van der Waals surface area contributed by atoms with Gasteiger partial charge in [0.05, 0.1) is 24.2 Å². The second-order valence-electron chi connectivity index (χ2n) is 7.46. The predicted octanol–water partition coefficient (Wildman–Crippen LogP) is 3.78. The standard InChI is InChI=1S/C22H27N5O3S/c1-7-27(11-13(2)3)12-15-8-9-16-18(19(22(29)30-6)31-21(16)23-15)24-20(28)17-10-14(4)25-26(17)5/h8-10H,2,7,11-12H2,1,3-6H3,(H,24,28). The molecule has 164 valence electrons. The summed E-state index contributed by atoms with van der Waals surface area (Å²) in [5, 5.41) is 7.77. The number of amides is 1. The van der Waals surface area contributed by atoms with E-state index in [1.807, 2.05) is 26.0 Å². The minimum absolute atomic E-state index is 0.309. The average molecular weight is 442 g/mol. The maximum atomic E-state index is 12.9. The van der Waals surface area contributed by atoms with Gasteiger partial charge in [-0.15, -0.1) is 11.3 Å². The molecule has 3 rings (SSSR count). The molecular weight excluding hydrogens is 414 g/mol. The van der Waals surface area contributed by atoms with Crippen LogP contribution in [0.5, 0.6) is 0 Å². The van der Waals surface area contributed by atoms with Crippen LogP contribution < -0.4 is 5.32 Å². The van der Waals surface area contributed by atoms with Gasteiger partial charge in [0.1, 0.15) is 15.4 Å². The van der Waals surface area contributed by atoms with Crippen LogP contribution in [0.1, 0.15) is 45.4 Å². The number of fused-ring (bicyclic) bond motifs is 1. The summed E-state index contributed by atoms with van der Waals surface area (Å²) in [4.78, 5) is 33.2. The number of hydrogen-bond acceptors (Lipinski definition) is 7. The molecular formula is C22H27N5O3S. The zero-order valence-electron chi connectivity index (χ0n) is 18.5. The van der Waals surface area contributed by atoms with Gasteiger partial charge < -0.3 is 10.1 Å². The number of likely N-dealkylation sites (N-methyl/N-ethyl adjacent to an activating group) is 1. The van der Waals surface area contributed by atoms with Gasteiger partial charge >= 0.3 is 5.97 Å². The molecule has 0 atom stereocenters. The van der Waals surface area contributed by atoms with Gasteiger partial charge in [-0.25, -0.2) is 9.78 Å². The van der Waals surface area contributed by atoms with E-state index in [0.29, 0.717) is 33.0 Å². The molecule has 0 aliphatic carbocycles. The molecule has 3 aromatic rings. The molecule has 0 saturated carbocycles. The van der Waals surface area contributed by atoms with Crippen molar-refractivity contribution in [3.05, 3.63) is 52.3 Å². The van der Waals surface area contributed by atoms with Gasteiger partial charge in [-0.1, -0.05) is 19.1 Å². The van der Waals surface area contributed by atoms with Gasteiger partial charge in [0, 0.05) is 25.5 Å². The minimum atomic E-state index is -0.515. The highest BCUT2D eigenvalue weighted by Crippen LogP contribution is 2.36. The molecule has 0 saturated heterocycles. The molecule has 0 radical (unpaired) electrons. The van der Waals surface area contributed by atoms with Crippen LogP contribution in [0, 0.1) is 6.92 Å². The Morgan fingerprint density at radius 1 is 1.35 bits per heavy atom. The topological polar surface area (TPSA) is 89.4 Å². The molecule has 0 aromatic carbocycles. The smallest absolute Gasteiger partial charge is 0.350 e. The fraction of sp³-hybridized carbons (Fsp3) is 0.364. The summed E-state index contributed by atoms with van der Waals surface area (Å²) in [5.41, 5.74) is 3.51. The fourth-order valence-electron chi connectivity index (χ4n) is 3.36.